The van der Waals surface area contributed by atoms with Crippen LogP contribution in [0.4, 0.5) is 5.69 Å². The first kappa shape index (κ1) is 15.8. The Morgan fingerprint density at radius 3 is 2.71 bits per heavy atom. The molecule has 1 aliphatic rings. The second-order valence-electron chi connectivity index (χ2n) is 5.60. The first-order chi connectivity index (χ1) is 11.6. The number of likely N-dealkylation sites (N-methyl/N-ethyl adjacent to an activating group) is 1. The molecule has 24 heavy (non-hydrogen) atoms. The molecule has 0 radical (unpaired) electrons. The number of rotatable bonds is 5. The van der Waals surface area contributed by atoms with Crippen molar-refractivity contribution in [1.82, 2.24) is 4.90 Å². The zero-order valence-electron chi connectivity index (χ0n) is 13.3. The number of carbonyl (C=O) groups is 1. The van der Waals surface area contributed by atoms with Crippen molar-refractivity contribution in [2.45, 2.75) is 6.54 Å². The van der Waals surface area contributed by atoms with Crippen LogP contribution in [0.25, 0.3) is 0 Å². The highest BCUT2D eigenvalue weighted by atomic mass is 16.7. The number of ether oxygens (including phenoxy) is 2. The number of nitriles is 1. The molecule has 0 fully saturated rings. The minimum atomic E-state index is -0.108. The molecule has 1 heterocycles. The molecular formula is C18H17N3O3. The van der Waals surface area contributed by atoms with E-state index in [0.717, 1.165) is 17.1 Å². The number of amides is 1. The number of hydrogen-bond acceptors (Lipinski definition) is 5. The Kier molecular flexibility index (Phi) is 4.64. The zero-order valence-corrected chi connectivity index (χ0v) is 13.3. The van der Waals surface area contributed by atoms with E-state index < -0.39 is 0 Å². The Morgan fingerprint density at radius 2 is 1.96 bits per heavy atom. The molecule has 6 nitrogen and oxygen atoms in total. The fourth-order valence-electron chi connectivity index (χ4n) is 2.48. The number of anilines is 1. The quantitative estimate of drug-likeness (QED) is 0.914. The summed E-state index contributed by atoms with van der Waals surface area (Å²) < 4.78 is 10.6. The average Bonchev–Trinajstić information content (AvgIpc) is 3.03. The van der Waals surface area contributed by atoms with E-state index in [2.05, 4.69) is 5.32 Å². The first-order valence-electron chi connectivity index (χ1n) is 7.51. The minimum absolute atomic E-state index is 0.108. The third-order valence-electron chi connectivity index (χ3n) is 3.60. The molecule has 2 aromatic carbocycles. The molecule has 1 N–H and O–H groups in total. The van der Waals surface area contributed by atoms with E-state index in [1.54, 1.807) is 24.3 Å². The fourth-order valence-corrected chi connectivity index (χ4v) is 2.48. The van der Waals surface area contributed by atoms with Crippen molar-refractivity contribution >= 4 is 11.6 Å². The monoisotopic (exact) mass is 323 g/mol. The van der Waals surface area contributed by atoms with Gasteiger partial charge in [-0.3, -0.25) is 9.69 Å². The highest BCUT2D eigenvalue weighted by molar-refractivity contribution is 5.92. The lowest BCUT2D eigenvalue weighted by Crippen LogP contribution is -2.29. The topological polar surface area (TPSA) is 74.6 Å². The van der Waals surface area contributed by atoms with Gasteiger partial charge in [0, 0.05) is 12.2 Å². The van der Waals surface area contributed by atoms with Crippen molar-refractivity contribution in [1.29, 1.82) is 5.26 Å². The molecule has 0 saturated heterocycles. The third kappa shape index (κ3) is 3.83. The largest absolute Gasteiger partial charge is 0.454 e. The van der Waals surface area contributed by atoms with Crippen molar-refractivity contribution in [2.24, 2.45) is 0 Å². The van der Waals surface area contributed by atoms with Crippen LogP contribution in [0.2, 0.25) is 0 Å². The van der Waals surface area contributed by atoms with E-state index in [9.17, 15) is 4.79 Å². The summed E-state index contributed by atoms with van der Waals surface area (Å²) in [6, 6.07) is 14.6. The molecule has 0 spiro atoms. The molecule has 1 aliphatic heterocycles. The van der Waals surface area contributed by atoms with Gasteiger partial charge in [0.05, 0.1) is 18.2 Å². The molecule has 6 heteroatoms. The predicted molar refractivity (Wildman–Crippen MR) is 88.7 cm³/mol. The summed E-state index contributed by atoms with van der Waals surface area (Å²) >= 11 is 0. The van der Waals surface area contributed by atoms with Crippen LogP contribution in [0.3, 0.4) is 0 Å². The van der Waals surface area contributed by atoms with Crippen molar-refractivity contribution in [3.8, 4) is 17.6 Å². The van der Waals surface area contributed by atoms with Gasteiger partial charge >= 0.3 is 0 Å². The summed E-state index contributed by atoms with van der Waals surface area (Å²) in [4.78, 5) is 14.0. The van der Waals surface area contributed by atoms with Crippen LogP contribution in [-0.4, -0.2) is 31.2 Å². The molecule has 1 amide bonds. The maximum absolute atomic E-state index is 12.1. The second kappa shape index (κ2) is 7.02. The number of hydrogen-bond donors (Lipinski definition) is 1. The lowest BCUT2D eigenvalue weighted by atomic mass is 10.2. The Hall–Kier alpha value is -3.04. The van der Waals surface area contributed by atoms with Crippen molar-refractivity contribution < 1.29 is 14.3 Å². The smallest absolute Gasteiger partial charge is 0.238 e. The van der Waals surface area contributed by atoms with Gasteiger partial charge < -0.3 is 14.8 Å². The predicted octanol–water partition coefficient (Wildman–Crippen LogP) is 2.36. The summed E-state index contributed by atoms with van der Waals surface area (Å²) in [6.07, 6.45) is 0. The molecule has 2 aromatic rings. The number of nitrogens with one attached hydrogen (secondary N) is 1. The molecule has 3 rings (SSSR count). The molecule has 0 aromatic heterocycles. The minimum Gasteiger partial charge on any atom is -0.454 e. The van der Waals surface area contributed by atoms with E-state index in [0.29, 0.717) is 17.8 Å². The first-order valence-corrected chi connectivity index (χ1v) is 7.51. The fraction of sp³-hybridized carbons (Fsp3) is 0.222. The van der Waals surface area contributed by atoms with Crippen LogP contribution in [0.1, 0.15) is 11.1 Å². The van der Waals surface area contributed by atoms with Crippen molar-refractivity contribution in [2.75, 3.05) is 25.7 Å². The Bertz CT molecular complexity index is 781. The van der Waals surface area contributed by atoms with Crippen molar-refractivity contribution in [3.05, 3.63) is 53.6 Å². The summed E-state index contributed by atoms with van der Waals surface area (Å²) in [6.45, 7) is 1.13. The van der Waals surface area contributed by atoms with Crippen LogP contribution in [-0.2, 0) is 11.3 Å². The summed E-state index contributed by atoms with van der Waals surface area (Å²) in [5.41, 5.74) is 2.29. The van der Waals surface area contributed by atoms with Gasteiger partial charge in [0.2, 0.25) is 12.7 Å². The van der Waals surface area contributed by atoms with Crippen molar-refractivity contribution in [3.63, 3.8) is 0 Å². The Balaban J connectivity index is 1.53. The van der Waals surface area contributed by atoms with Crippen LogP contribution in [0, 0.1) is 11.3 Å². The van der Waals surface area contributed by atoms with E-state index in [1.807, 2.05) is 36.2 Å². The molecule has 0 atom stereocenters. The molecule has 122 valence electrons. The van der Waals surface area contributed by atoms with Crippen LogP contribution >= 0.6 is 0 Å². The standard InChI is InChI=1S/C18H17N3O3/c1-21(10-14-4-7-16-17(8-14)24-12-23-16)11-18(22)20-15-5-2-13(9-19)3-6-15/h2-8H,10-12H2,1H3,(H,20,22). The molecule has 0 bridgehead atoms. The van der Waals surface area contributed by atoms with Gasteiger partial charge in [-0.15, -0.1) is 0 Å². The Labute approximate surface area is 140 Å². The van der Waals surface area contributed by atoms with Crippen LogP contribution in [0.5, 0.6) is 11.5 Å². The van der Waals surface area contributed by atoms with Gasteiger partial charge in [0.25, 0.3) is 0 Å². The van der Waals surface area contributed by atoms with Gasteiger partial charge in [-0.25, -0.2) is 0 Å². The SMILES string of the molecule is CN(CC(=O)Nc1ccc(C#N)cc1)Cc1ccc2c(c1)OCO2. The van der Waals surface area contributed by atoms with Gasteiger partial charge in [-0.1, -0.05) is 6.07 Å². The van der Waals surface area contributed by atoms with E-state index in [-0.39, 0.29) is 19.2 Å². The summed E-state index contributed by atoms with van der Waals surface area (Å²) in [5.74, 6) is 1.38. The number of benzene rings is 2. The summed E-state index contributed by atoms with van der Waals surface area (Å²) in [7, 11) is 1.88. The maximum Gasteiger partial charge on any atom is 0.238 e. The molecule has 0 saturated carbocycles. The Morgan fingerprint density at radius 1 is 1.21 bits per heavy atom. The van der Waals surface area contributed by atoms with Gasteiger partial charge in [0.15, 0.2) is 11.5 Å². The average molecular weight is 323 g/mol. The number of fused-ring (bicyclic) bond motifs is 1. The van der Waals surface area contributed by atoms with E-state index in [4.69, 9.17) is 14.7 Å². The van der Waals surface area contributed by atoms with E-state index in [1.165, 1.54) is 0 Å². The highest BCUT2D eigenvalue weighted by Gasteiger charge is 2.14. The lowest BCUT2D eigenvalue weighted by molar-refractivity contribution is -0.117. The second-order valence-corrected chi connectivity index (χ2v) is 5.60. The zero-order chi connectivity index (χ0) is 16.9. The van der Waals surface area contributed by atoms with Gasteiger partial charge in [-0.2, -0.15) is 5.26 Å². The normalized spacial score (nSPS) is 12.0. The third-order valence-corrected chi connectivity index (χ3v) is 3.60. The molecule has 0 aliphatic carbocycles. The lowest BCUT2D eigenvalue weighted by Gasteiger charge is -2.16. The maximum atomic E-state index is 12.1. The number of carbonyl (C=O) groups excluding carboxylic acids is 1. The van der Waals surface area contributed by atoms with E-state index >= 15 is 0 Å². The van der Waals surface area contributed by atoms with Crippen LogP contribution in [0.15, 0.2) is 42.5 Å². The van der Waals surface area contributed by atoms with Crippen LogP contribution < -0.4 is 14.8 Å². The summed E-state index contributed by atoms with van der Waals surface area (Å²) in [5, 5.41) is 11.6. The van der Waals surface area contributed by atoms with Gasteiger partial charge in [-0.05, 0) is 49.0 Å². The molecular weight excluding hydrogens is 306 g/mol. The number of nitrogens with zero attached hydrogens (tertiary/aromatic N) is 2. The molecule has 0 unspecified atom stereocenters. The highest BCUT2D eigenvalue weighted by Crippen LogP contribution is 2.32. The van der Waals surface area contributed by atoms with Gasteiger partial charge in [0.1, 0.15) is 0 Å².